The van der Waals surface area contributed by atoms with Crippen molar-refractivity contribution in [3.05, 3.63) is 123 Å². The van der Waals surface area contributed by atoms with Gasteiger partial charge in [0.2, 0.25) is 0 Å². The highest BCUT2D eigenvalue weighted by molar-refractivity contribution is 6.09. The molecule has 2 aliphatic heterocycles. The van der Waals surface area contributed by atoms with E-state index < -0.39 is 23.6 Å². The van der Waals surface area contributed by atoms with Gasteiger partial charge in [-0.3, -0.25) is 19.2 Å². The molecule has 0 spiro atoms. The second kappa shape index (κ2) is 11.7. The van der Waals surface area contributed by atoms with E-state index in [9.17, 15) is 32.3 Å². The average molecular weight is 615 g/mol. The van der Waals surface area contributed by atoms with Gasteiger partial charge < -0.3 is 20.1 Å². The quantitative estimate of drug-likeness (QED) is 0.252. The van der Waals surface area contributed by atoms with Crippen LogP contribution in [0.2, 0.25) is 0 Å². The number of pyridine rings is 1. The summed E-state index contributed by atoms with van der Waals surface area (Å²) in [7, 11) is 0. The molecule has 0 aliphatic carbocycles. The molecule has 1 fully saturated rings. The number of anilines is 3. The maximum atomic E-state index is 13.4. The number of aromatic nitrogens is 1. The minimum atomic E-state index is -4.62. The summed E-state index contributed by atoms with van der Waals surface area (Å²) < 4.78 is 41.9. The summed E-state index contributed by atoms with van der Waals surface area (Å²) in [6.07, 6.45) is -3.73. The summed E-state index contributed by atoms with van der Waals surface area (Å²) in [5.41, 5.74) is 1.64. The van der Waals surface area contributed by atoms with E-state index >= 15 is 0 Å². The number of ketones is 1. The SMILES string of the molecule is CC(=O)c1cccc(NC(=O)c2ccc(N3C[C@H]4C[C@@H](C3)c3cccc(=O)n3C4)c(NC(=O)c3cccc(C(F)(F)F)c3)c2)c1. The van der Waals surface area contributed by atoms with Crippen molar-refractivity contribution < 1.29 is 27.6 Å². The highest BCUT2D eigenvalue weighted by atomic mass is 19.4. The first-order valence-corrected chi connectivity index (χ1v) is 14.5. The van der Waals surface area contributed by atoms with E-state index in [1.807, 2.05) is 6.07 Å². The molecule has 2 bridgehead atoms. The number of fused-ring (bicyclic) bond motifs is 4. The van der Waals surface area contributed by atoms with Crippen molar-refractivity contribution in [1.82, 2.24) is 4.57 Å². The molecule has 1 aromatic heterocycles. The zero-order chi connectivity index (χ0) is 31.9. The Hall–Kier alpha value is -5.19. The number of nitrogens with one attached hydrogen (secondary N) is 2. The number of carbonyl (C=O) groups is 3. The number of carbonyl (C=O) groups excluding carboxylic acids is 3. The van der Waals surface area contributed by atoms with Crippen LogP contribution in [0.3, 0.4) is 0 Å². The third-order valence-corrected chi connectivity index (χ3v) is 8.31. The van der Waals surface area contributed by atoms with Gasteiger partial charge in [-0.05, 0) is 73.9 Å². The highest BCUT2D eigenvalue weighted by Crippen LogP contribution is 2.39. The van der Waals surface area contributed by atoms with Crippen molar-refractivity contribution >= 4 is 34.7 Å². The fraction of sp³-hybridized carbons (Fsp3) is 0.235. The van der Waals surface area contributed by atoms with Crippen LogP contribution in [0.4, 0.5) is 30.2 Å². The van der Waals surface area contributed by atoms with Crippen LogP contribution < -0.4 is 21.1 Å². The lowest BCUT2D eigenvalue weighted by Gasteiger charge is -2.44. The molecule has 0 saturated carbocycles. The molecule has 2 N–H and O–H groups in total. The topological polar surface area (TPSA) is 101 Å². The molecule has 1 saturated heterocycles. The monoisotopic (exact) mass is 614 g/mol. The Labute approximate surface area is 256 Å². The summed E-state index contributed by atoms with van der Waals surface area (Å²) in [4.78, 5) is 53.0. The van der Waals surface area contributed by atoms with E-state index in [2.05, 4.69) is 15.5 Å². The highest BCUT2D eigenvalue weighted by Gasteiger charge is 2.36. The Kier molecular flexibility index (Phi) is 7.78. The van der Waals surface area contributed by atoms with E-state index in [0.29, 0.717) is 36.6 Å². The normalized spacial score (nSPS) is 17.3. The van der Waals surface area contributed by atoms with Gasteiger partial charge in [-0.15, -0.1) is 0 Å². The maximum Gasteiger partial charge on any atom is 0.416 e. The molecule has 45 heavy (non-hydrogen) atoms. The van der Waals surface area contributed by atoms with Crippen molar-refractivity contribution in [3.8, 4) is 0 Å². The number of hydrogen-bond acceptors (Lipinski definition) is 5. The molecule has 6 rings (SSSR count). The van der Waals surface area contributed by atoms with Crippen LogP contribution in [0.1, 0.15) is 61.6 Å². The molecular weight excluding hydrogens is 585 g/mol. The number of benzene rings is 3. The van der Waals surface area contributed by atoms with Crippen LogP contribution in [-0.2, 0) is 12.7 Å². The Morgan fingerprint density at radius 2 is 1.49 bits per heavy atom. The average Bonchev–Trinajstić information content (AvgIpc) is 3.01. The zero-order valence-corrected chi connectivity index (χ0v) is 24.2. The van der Waals surface area contributed by atoms with Gasteiger partial charge in [-0.1, -0.05) is 24.3 Å². The van der Waals surface area contributed by atoms with E-state index in [0.717, 1.165) is 24.2 Å². The summed E-state index contributed by atoms with van der Waals surface area (Å²) in [6, 6.07) is 20.7. The number of hydrogen-bond donors (Lipinski definition) is 2. The molecule has 3 heterocycles. The molecule has 2 atom stereocenters. The zero-order valence-electron chi connectivity index (χ0n) is 24.2. The van der Waals surface area contributed by atoms with Crippen LogP contribution in [0.15, 0.2) is 89.7 Å². The lowest BCUT2D eigenvalue weighted by molar-refractivity contribution is -0.137. The predicted molar refractivity (Wildman–Crippen MR) is 164 cm³/mol. The fourth-order valence-electron chi connectivity index (χ4n) is 6.20. The van der Waals surface area contributed by atoms with Crippen molar-refractivity contribution in [2.24, 2.45) is 5.92 Å². The van der Waals surface area contributed by atoms with E-state index in [4.69, 9.17) is 0 Å². The fourth-order valence-corrected chi connectivity index (χ4v) is 6.20. The van der Waals surface area contributed by atoms with Gasteiger partial charge in [0.1, 0.15) is 0 Å². The van der Waals surface area contributed by atoms with Crippen LogP contribution in [0.5, 0.6) is 0 Å². The van der Waals surface area contributed by atoms with Gasteiger partial charge in [-0.25, -0.2) is 0 Å². The van der Waals surface area contributed by atoms with Crippen LogP contribution in [0.25, 0.3) is 0 Å². The Morgan fingerprint density at radius 1 is 0.778 bits per heavy atom. The second-order valence-electron chi connectivity index (χ2n) is 11.5. The Balaban J connectivity index is 1.34. The Bertz CT molecular complexity index is 1880. The molecule has 4 aromatic rings. The first kappa shape index (κ1) is 29.9. The van der Waals surface area contributed by atoms with Crippen LogP contribution in [0, 0.1) is 5.92 Å². The molecule has 8 nitrogen and oxygen atoms in total. The van der Waals surface area contributed by atoms with E-state index in [1.165, 1.54) is 25.1 Å². The van der Waals surface area contributed by atoms with Crippen LogP contribution in [-0.4, -0.2) is 35.3 Å². The molecule has 2 aliphatic rings. The first-order valence-electron chi connectivity index (χ1n) is 14.5. The standard InChI is InChI=1S/C34H29F3N4O4/c1-20(42)22-5-3-8-27(15-22)38-32(44)24-11-12-30(28(16-24)39-33(45)23-6-2-7-26(14-23)34(35,36)37)40-17-21-13-25(19-40)29-9-4-10-31(43)41(29)18-21/h2-12,14-16,21,25H,13,17-19H2,1H3,(H,38,44)(H,39,45)/t21-,25+/m1/s1. The maximum absolute atomic E-state index is 13.4. The minimum absolute atomic E-state index is 0.0473. The van der Waals surface area contributed by atoms with Crippen molar-refractivity contribution in [3.63, 3.8) is 0 Å². The number of nitrogens with zero attached hydrogens (tertiary/aromatic N) is 2. The van der Waals surface area contributed by atoms with Gasteiger partial charge in [0.05, 0.1) is 16.9 Å². The smallest absolute Gasteiger partial charge is 0.369 e. The predicted octanol–water partition coefficient (Wildman–Crippen LogP) is 6.20. The molecular formula is C34H29F3N4O4. The molecule has 0 unspecified atom stereocenters. The number of halogens is 3. The number of Topliss-reactive ketones (excluding diaryl/α,β-unsaturated/α-hetero) is 1. The molecule has 3 aromatic carbocycles. The van der Waals surface area contributed by atoms with Gasteiger partial charge >= 0.3 is 6.18 Å². The molecule has 11 heteroatoms. The summed E-state index contributed by atoms with van der Waals surface area (Å²) >= 11 is 0. The summed E-state index contributed by atoms with van der Waals surface area (Å²) in [6.45, 7) is 3.08. The third-order valence-electron chi connectivity index (χ3n) is 8.31. The summed E-state index contributed by atoms with van der Waals surface area (Å²) in [5, 5.41) is 5.51. The number of amides is 2. The van der Waals surface area contributed by atoms with Gasteiger partial charge in [-0.2, -0.15) is 13.2 Å². The molecule has 230 valence electrons. The number of rotatable bonds is 6. The minimum Gasteiger partial charge on any atom is -0.369 e. The van der Waals surface area contributed by atoms with E-state index in [-0.39, 0.29) is 40.0 Å². The second-order valence-corrected chi connectivity index (χ2v) is 11.5. The van der Waals surface area contributed by atoms with Crippen molar-refractivity contribution in [1.29, 1.82) is 0 Å². The first-order chi connectivity index (χ1) is 21.5. The van der Waals surface area contributed by atoms with Gasteiger partial charge in [0.15, 0.2) is 5.78 Å². The lowest BCUT2D eigenvalue weighted by Crippen LogP contribution is -2.47. The van der Waals surface area contributed by atoms with Crippen molar-refractivity contribution in [2.45, 2.75) is 32.0 Å². The number of piperidine rings is 1. The summed E-state index contributed by atoms with van der Waals surface area (Å²) in [5.74, 6) is -1.22. The molecule has 2 amide bonds. The van der Waals surface area contributed by atoms with E-state index in [1.54, 1.807) is 53.1 Å². The Morgan fingerprint density at radius 3 is 2.27 bits per heavy atom. The van der Waals surface area contributed by atoms with Gasteiger partial charge in [0.25, 0.3) is 17.4 Å². The van der Waals surface area contributed by atoms with Crippen molar-refractivity contribution in [2.75, 3.05) is 28.6 Å². The lowest BCUT2D eigenvalue weighted by atomic mass is 9.83. The third kappa shape index (κ3) is 6.24. The largest absolute Gasteiger partial charge is 0.416 e. The van der Waals surface area contributed by atoms with Gasteiger partial charge in [0, 0.05) is 59.7 Å². The number of alkyl halides is 3. The molecule has 0 radical (unpaired) electrons. The van der Waals surface area contributed by atoms with Crippen LogP contribution >= 0.6 is 0 Å².